The number of fused-ring (bicyclic) bond motifs is 1. The standard InChI is InChI=1S/C18H21NO4S/c1-22-16-11-13-7-5-4-6-12(13)10-14(16)17(20)19-15(8-9-24-3)18(21)23-2/h4-7,10-11,15H,8-9H2,1-3H3,(H,19,20)/t15-/m0/s1. The van der Waals surface area contributed by atoms with Crippen LogP contribution in [0, 0.1) is 0 Å². The Balaban J connectivity index is 2.29. The largest absolute Gasteiger partial charge is 0.496 e. The third-order valence-corrected chi connectivity index (χ3v) is 4.36. The molecule has 2 aromatic rings. The molecule has 0 spiro atoms. The SMILES string of the molecule is COC(=O)[C@H](CCSC)NC(=O)c1cc2ccccc2cc1OC. The van der Waals surface area contributed by atoms with Crippen molar-refractivity contribution in [2.24, 2.45) is 0 Å². The first-order chi connectivity index (χ1) is 11.6. The Morgan fingerprint density at radius 2 is 1.83 bits per heavy atom. The van der Waals surface area contributed by atoms with Crippen molar-refractivity contribution in [1.82, 2.24) is 5.32 Å². The highest BCUT2D eigenvalue weighted by atomic mass is 32.2. The van der Waals surface area contributed by atoms with E-state index in [1.54, 1.807) is 17.8 Å². The lowest BCUT2D eigenvalue weighted by molar-refractivity contribution is -0.142. The Kier molecular flexibility index (Phi) is 6.49. The van der Waals surface area contributed by atoms with E-state index in [1.165, 1.54) is 14.2 Å². The molecule has 1 N–H and O–H groups in total. The zero-order valence-electron chi connectivity index (χ0n) is 14.0. The number of rotatable bonds is 7. The molecule has 0 aliphatic carbocycles. The molecule has 5 nitrogen and oxygen atoms in total. The van der Waals surface area contributed by atoms with Crippen LogP contribution in [0.1, 0.15) is 16.8 Å². The van der Waals surface area contributed by atoms with Crippen molar-refractivity contribution in [2.45, 2.75) is 12.5 Å². The predicted molar refractivity (Wildman–Crippen MR) is 96.8 cm³/mol. The molecule has 0 saturated carbocycles. The van der Waals surface area contributed by atoms with Gasteiger partial charge in [-0.05, 0) is 41.3 Å². The lowest BCUT2D eigenvalue weighted by atomic mass is 10.0. The lowest BCUT2D eigenvalue weighted by Crippen LogP contribution is -2.42. The first-order valence-electron chi connectivity index (χ1n) is 7.55. The van der Waals surface area contributed by atoms with Crippen LogP contribution in [0.5, 0.6) is 5.75 Å². The van der Waals surface area contributed by atoms with Crippen molar-refractivity contribution in [3.8, 4) is 5.75 Å². The van der Waals surface area contributed by atoms with E-state index in [0.717, 1.165) is 16.5 Å². The second kappa shape index (κ2) is 8.59. The number of esters is 1. The Labute approximate surface area is 145 Å². The number of amides is 1. The second-order valence-corrected chi connectivity index (χ2v) is 6.22. The number of benzene rings is 2. The maximum atomic E-state index is 12.7. The van der Waals surface area contributed by atoms with Crippen LogP contribution < -0.4 is 10.1 Å². The number of thioether (sulfide) groups is 1. The summed E-state index contributed by atoms with van der Waals surface area (Å²) < 4.78 is 10.1. The van der Waals surface area contributed by atoms with Crippen LogP contribution in [-0.2, 0) is 9.53 Å². The molecule has 0 aliphatic rings. The van der Waals surface area contributed by atoms with Gasteiger partial charge in [-0.2, -0.15) is 11.8 Å². The summed E-state index contributed by atoms with van der Waals surface area (Å²) in [5.74, 6) is 0.417. The molecule has 2 aromatic carbocycles. The fourth-order valence-electron chi connectivity index (χ4n) is 2.43. The quantitative estimate of drug-likeness (QED) is 0.780. The number of nitrogens with one attached hydrogen (secondary N) is 1. The summed E-state index contributed by atoms with van der Waals surface area (Å²) in [7, 11) is 2.84. The molecule has 2 rings (SSSR count). The van der Waals surface area contributed by atoms with Gasteiger partial charge in [0, 0.05) is 0 Å². The Morgan fingerprint density at radius 3 is 2.42 bits per heavy atom. The number of methoxy groups -OCH3 is 2. The molecular weight excluding hydrogens is 326 g/mol. The second-order valence-electron chi connectivity index (χ2n) is 5.23. The predicted octanol–water partition coefficient (Wildman–Crippen LogP) is 2.87. The summed E-state index contributed by atoms with van der Waals surface area (Å²) >= 11 is 1.61. The monoisotopic (exact) mass is 347 g/mol. The molecule has 128 valence electrons. The molecule has 0 bridgehead atoms. The molecule has 0 saturated heterocycles. The van der Waals surface area contributed by atoms with Gasteiger partial charge in [-0.1, -0.05) is 24.3 Å². The fraction of sp³-hybridized carbons (Fsp3) is 0.333. The van der Waals surface area contributed by atoms with Crippen molar-refractivity contribution < 1.29 is 19.1 Å². The van der Waals surface area contributed by atoms with E-state index in [2.05, 4.69) is 5.32 Å². The van der Waals surface area contributed by atoms with E-state index in [-0.39, 0.29) is 5.91 Å². The molecule has 1 amide bonds. The maximum Gasteiger partial charge on any atom is 0.328 e. The molecular formula is C18H21NO4S. The van der Waals surface area contributed by atoms with Gasteiger partial charge in [0.1, 0.15) is 11.8 Å². The maximum absolute atomic E-state index is 12.7. The minimum atomic E-state index is -0.675. The summed E-state index contributed by atoms with van der Waals surface area (Å²) in [5.41, 5.74) is 0.397. The van der Waals surface area contributed by atoms with Gasteiger partial charge < -0.3 is 14.8 Å². The highest BCUT2D eigenvalue weighted by Gasteiger charge is 2.23. The molecule has 6 heteroatoms. The highest BCUT2D eigenvalue weighted by Crippen LogP contribution is 2.26. The topological polar surface area (TPSA) is 64.6 Å². The zero-order chi connectivity index (χ0) is 17.5. The van der Waals surface area contributed by atoms with Crippen LogP contribution in [0.15, 0.2) is 36.4 Å². The molecule has 0 fully saturated rings. The van der Waals surface area contributed by atoms with Crippen molar-refractivity contribution in [2.75, 3.05) is 26.2 Å². The average Bonchev–Trinajstić information content (AvgIpc) is 2.62. The third kappa shape index (κ3) is 4.20. The smallest absolute Gasteiger partial charge is 0.328 e. The van der Waals surface area contributed by atoms with Crippen LogP contribution in [0.2, 0.25) is 0 Å². The van der Waals surface area contributed by atoms with Gasteiger partial charge in [-0.25, -0.2) is 4.79 Å². The van der Waals surface area contributed by atoms with Gasteiger partial charge in [0.05, 0.1) is 19.8 Å². The number of ether oxygens (including phenoxy) is 2. The Morgan fingerprint density at radius 1 is 1.17 bits per heavy atom. The van der Waals surface area contributed by atoms with Gasteiger partial charge in [-0.15, -0.1) is 0 Å². The van der Waals surface area contributed by atoms with Gasteiger partial charge in [0.15, 0.2) is 0 Å². The minimum Gasteiger partial charge on any atom is -0.496 e. The van der Waals surface area contributed by atoms with Crippen molar-refractivity contribution >= 4 is 34.4 Å². The first kappa shape index (κ1) is 18.1. The average molecular weight is 347 g/mol. The van der Waals surface area contributed by atoms with E-state index in [9.17, 15) is 9.59 Å². The number of hydrogen-bond acceptors (Lipinski definition) is 5. The zero-order valence-corrected chi connectivity index (χ0v) is 14.8. The van der Waals surface area contributed by atoms with Gasteiger partial charge in [0.2, 0.25) is 0 Å². The van der Waals surface area contributed by atoms with E-state index in [4.69, 9.17) is 9.47 Å². The van der Waals surface area contributed by atoms with Crippen LogP contribution >= 0.6 is 11.8 Å². The van der Waals surface area contributed by atoms with E-state index in [0.29, 0.717) is 17.7 Å². The molecule has 24 heavy (non-hydrogen) atoms. The normalized spacial score (nSPS) is 11.8. The molecule has 1 atom stereocenters. The highest BCUT2D eigenvalue weighted by molar-refractivity contribution is 7.98. The molecule has 0 aliphatic heterocycles. The summed E-state index contributed by atoms with van der Waals surface area (Å²) in [6, 6.07) is 10.6. The summed E-state index contributed by atoms with van der Waals surface area (Å²) in [4.78, 5) is 24.5. The van der Waals surface area contributed by atoms with Gasteiger partial charge >= 0.3 is 5.97 Å². The molecule has 0 aromatic heterocycles. The lowest BCUT2D eigenvalue weighted by Gasteiger charge is -2.17. The molecule has 0 radical (unpaired) electrons. The molecule has 0 unspecified atom stereocenters. The van der Waals surface area contributed by atoms with Crippen LogP contribution in [0.3, 0.4) is 0 Å². The summed E-state index contributed by atoms with van der Waals surface area (Å²) in [6.45, 7) is 0. The van der Waals surface area contributed by atoms with Crippen molar-refractivity contribution in [3.05, 3.63) is 42.0 Å². The van der Waals surface area contributed by atoms with Crippen LogP contribution in [0.25, 0.3) is 10.8 Å². The van der Waals surface area contributed by atoms with E-state index < -0.39 is 12.0 Å². The van der Waals surface area contributed by atoms with E-state index >= 15 is 0 Å². The van der Waals surface area contributed by atoms with Gasteiger partial charge in [0.25, 0.3) is 5.91 Å². The molecule has 0 heterocycles. The first-order valence-corrected chi connectivity index (χ1v) is 8.94. The summed E-state index contributed by atoms with van der Waals surface area (Å²) in [5, 5.41) is 4.67. The number of carbonyl (C=O) groups excluding carboxylic acids is 2. The van der Waals surface area contributed by atoms with Crippen LogP contribution in [-0.4, -0.2) is 44.1 Å². The fourth-order valence-corrected chi connectivity index (χ4v) is 2.90. The Bertz CT molecular complexity index is 732. The summed E-state index contributed by atoms with van der Waals surface area (Å²) in [6.07, 6.45) is 2.46. The number of hydrogen-bond donors (Lipinski definition) is 1. The Hall–Kier alpha value is -2.21. The van der Waals surface area contributed by atoms with Crippen molar-refractivity contribution in [3.63, 3.8) is 0 Å². The number of carbonyl (C=O) groups is 2. The minimum absolute atomic E-state index is 0.353. The third-order valence-electron chi connectivity index (χ3n) is 3.71. The van der Waals surface area contributed by atoms with Crippen molar-refractivity contribution in [1.29, 1.82) is 0 Å². The van der Waals surface area contributed by atoms with E-state index in [1.807, 2.05) is 36.6 Å². The van der Waals surface area contributed by atoms with Gasteiger partial charge in [-0.3, -0.25) is 4.79 Å². The van der Waals surface area contributed by atoms with Crippen LogP contribution in [0.4, 0.5) is 0 Å².